The van der Waals surface area contributed by atoms with Crippen LogP contribution < -0.4 is 0 Å². The normalized spacial score (nSPS) is 13.4. The summed E-state index contributed by atoms with van der Waals surface area (Å²) >= 11 is 0. The summed E-state index contributed by atoms with van der Waals surface area (Å²) in [4.78, 5) is 44.7. The van der Waals surface area contributed by atoms with Gasteiger partial charge in [0.1, 0.15) is 6.26 Å². The molecule has 0 heterocycles. The Morgan fingerprint density at radius 2 is 1.75 bits per heavy atom. The van der Waals surface area contributed by atoms with Crippen molar-refractivity contribution >= 4 is 21.4 Å². The number of phosphoric ester groups is 1. The van der Waals surface area contributed by atoms with Crippen molar-refractivity contribution in [3.8, 4) is 0 Å². The number of carbonyl (C=O) groups excluding carboxylic acids is 1. The summed E-state index contributed by atoms with van der Waals surface area (Å²) in [5.74, 6) is -1.16. The predicted octanol–water partition coefficient (Wildman–Crippen LogP) is -0.670. The molecule has 0 radical (unpaired) electrons. The number of hydrogen-bond donors (Lipinski definition) is 4. The van der Waals surface area contributed by atoms with E-state index in [4.69, 9.17) is 19.6 Å². The lowest BCUT2D eigenvalue weighted by atomic mass is 10.3. The maximum absolute atomic E-state index is 10.9. The number of carbonyl (C=O) groups is 1. The Labute approximate surface area is 90.1 Å². The fraction of sp³-hybridized carbons (Fsp3) is 0.400. The number of esters is 1. The summed E-state index contributed by atoms with van der Waals surface area (Å²) in [5.41, 5.74) is -0.681. The Bertz CT molecular complexity index is 373. The second kappa shape index (κ2) is 5.58. The van der Waals surface area contributed by atoms with Gasteiger partial charge in [-0.25, -0.2) is 9.36 Å². The van der Waals surface area contributed by atoms with Crippen LogP contribution in [0.5, 0.6) is 0 Å². The van der Waals surface area contributed by atoms with Gasteiger partial charge in [0.2, 0.25) is 0 Å². The van der Waals surface area contributed by atoms with Gasteiger partial charge in [-0.05, 0) is 0 Å². The first-order valence-electron chi connectivity index (χ1n) is 3.61. The summed E-state index contributed by atoms with van der Waals surface area (Å²) < 4.78 is 28.8. The summed E-state index contributed by atoms with van der Waals surface area (Å²) in [5, 5.41) is 0. The third kappa shape index (κ3) is 7.58. The lowest BCUT2D eigenvalue weighted by Crippen LogP contribution is -2.09. The number of phosphoric acid groups is 1. The second-order valence-electron chi connectivity index (χ2n) is 2.55. The Balaban J connectivity index is 4.89. The molecule has 0 unspecified atom stereocenters. The zero-order valence-electron chi connectivity index (χ0n) is 8.01. The van der Waals surface area contributed by atoms with Gasteiger partial charge >= 0.3 is 21.4 Å². The molecule has 9 nitrogen and oxygen atoms in total. The molecule has 0 aliphatic carbocycles. The molecule has 0 amide bonds. The smallest absolute Gasteiger partial charge is 0.466 e. The van der Waals surface area contributed by atoms with Crippen LogP contribution >= 0.6 is 15.4 Å². The molecule has 16 heavy (non-hydrogen) atoms. The third-order valence-corrected chi connectivity index (χ3v) is 2.29. The first-order valence-corrected chi connectivity index (χ1v) is 6.94. The molecule has 0 spiro atoms. The van der Waals surface area contributed by atoms with Crippen LogP contribution in [0.3, 0.4) is 0 Å². The molecule has 0 aromatic carbocycles. The topological polar surface area (TPSA) is 151 Å². The Kier molecular flexibility index (Phi) is 5.34. The monoisotopic (exact) mass is 276 g/mol. The Hall–Kier alpha value is -0.690. The molecule has 0 saturated heterocycles. The minimum Gasteiger partial charge on any atom is -0.466 e. The minimum absolute atomic E-state index is 0.270. The maximum Gasteiger partial charge on any atom is 0.524 e. The highest BCUT2D eigenvalue weighted by molar-refractivity contribution is 7.52. The third-order valence-electron chi connectivity index (χ3n) is 1.16. The van der Waals surface area contributed by atoms with E-state index in [1.807, 2.05) is 0 Å². The van der Waals surface area contributed by atoms with Crippen LogP contribution in [-0.2, 0) is 23.2 Å². The fourth-order valence-electron chi connectivity index (χ4n) is 0.635. The van der Waals surface area contributed by atoms with Crippen molar-refractivity contribution in [1.29, 1.82) is 0 Å². The lowest BCUT2D eigenvalue weighted by Gasteiger charge is -2.08. The summed E-state index contributed by atoms with van der Waals surface area (Å²) in [6.45, 7) is 0. The van der Waals surface area contributed by atoms with E-state index in [-0.39, 0.29) is 6.26 Å². The lowest BCUT2D eigenvalue weighted by molar-refractivity contribution is -0.136. The van der Waals surface area contributed by atoms with Gasteiger partial charge in [0, 0.05) is 0 Å². The zero-order chi connectivity index (χ0) is 13.0. The van der Waals surface area contributed by atoms with Crippen molar-refractivity contribution in [3.05, 3.63) is 11.8 Å². The van der Waals surface area contributed by atoms with Crippen LogP contribution in [-0.4, -0.2) is 38.8 Å². The van der Waals surface area contributed by atoms with E-state index < -0.39 is 33.1 Å². The Morgan fingerprint density at radius 1 is 1.25 bits per heavy atom. The van der Waals surface area contributed by atoms with Crippen molar-refractivity contribution in [2.45, 2.75) is 0 Å². The molecule has 0 saturated carbocycles. The SMILES string of the molecule is COC(=O)C(=COP(=O)(O)O)CP(=O)(O)O. The van der Waals surface area contributed by atoms with Gasteiger partial charge in [-0.2, -0.15) is 0 Å². The molecule has 0 rings (SSSR count). The molecular weight excluding hydrogens is 266 g/mol. The van der Waals surface area contributed by atoms with E-state index in [2.05, 4.69) is 9.26 Å². The van der Waals surface area contributed by atoms with E-state index in [0.29, 0.717) is 0 Å². The molecule has 0 aromatic heterocycles. The van der Waals surface area contributed by atoms with Crippen LogP contribution in [0.25, 0.3) is 0 Å². The number of hydrogen-bond acceptors (Lipinski definition) is 5. The predicted molar refractivity (Wildman–Crippen MR) is 50.1 cm³/mol. The molecule has 0 aliphatic heterocycles. The van der Waals surface area contributed by atoms with Crippen molar-refractivity contribution < 1.29 is 42.8 Å². The van der Waals surface area contributed by atoms with Gasteiger partial charge in [-0.3, -0.25) is 14.4 Å². The molecule has 0 aliphatic rings. The molecule has 11 heteroatoms. The minimum atomic E-state index is -4.87. The van der Waals surface area contributed by atoms with Crippen LogP contribution in [0.1, 0.15) is 0 Å². The summed E-state index contributed by atoms with van der Waals surface area (Å²) in [6.07, 6.45) is -0.772. The molecule has 0 aromatic rings. The molecule has 4 N–H and O–H groups in total. The van der Waals surface area contributed by atoms with Gasteiger partial charge in [-0.1, -0.05) is 0 Å². The number of ether oxygens (including phenoxy) is 1. The summed E-state index contributed by atoms with van der Waals surface area (Å²) in [6, 6.07) is 0. The van der Waals surface area contributed by atoms with Crippen LogP contribution in [0, 0.1) is 0 Å². The second-order valence-corrected chi connectivity index (χ2v) is 5.39. The zero-order valence-corrected chi connectivity index (χ0v) is 9.80. The molecule has 94 valence electrons. The van der Waals surface area contributed by atoms with Crippen molar-refractivity contribution in [1.82, 2.24) is 0 Å². The van der Waals surface area contributed by atoms with E-state index in [0.717, 1.165) is 7.11 Å². The van der Waals surface area contributed by atoms with Crippen LogP contribution in [0.15, 0.2) is 11.8 Å². The van der Waals surface area contributed by atoms with E-state index in [9.17, 15) is 13.9 Å². The highest BCUT2D eigenvalue weighted by Crippen LogP contribution is 2.40. The molecule has 0 bridgehead atoms. The van der Waals surface area contributed by atoms with E-state index >= 15 is 0 Å². The van der Waals surface area contributed by atoms with E-state index in [1.54, 1.807) is 0 Å². The Morgan fingerprint density at radius 3 is 2.06 bits per heavy atom. The average Bonchev–Trinajstić information content (AvgIpc) is 2.07. The van der Waals surface area contributed by atoms with Gasteiger partial charge in [-0.15, -0.1) is 0 Å². The van der Waals surface area contributed by atoms with Crippen molar-refractivity contribution in [3.63, 3.8) is 0 Å². The van der Waals surface area contributed by atoms with Crippen LogP contribution in [0.2, 0.25) is 0 Å². The average molecular weight is 276 g/mol. The van der Waals surface area contributed by atoms with Gasteiger partial charge < -0.3 is 19.0 Å². The first kappa shape index (κ1) is 15.3. The molecular formula is C5H10O9P2. The maximum atomic E-state index is 10.9. The first-order chi connectivity index (χ1) is 7.05. The highest BCUT2D eigenvalue weighted by atomic mass is 31.2. The fourth-order valence-corrected chi connectivity index (χ4v) is 1.55. The quantitative estimate of drug-likeness (QED) is 0.222. The molecule has 0 atom stereocenters. The summed E-state index contributed by atoms with van der Waals surface area (Å²) in [7, 11) is -8.51. The molecule has 0 fully saturated rings. The number of rotatable bonds is 5. The number of methoxy groups -OCH3 is 1. The largest absolute Gasteiger partial charge is 0.524 e. The van der Waals surface area contributed by atoms with E-state index in [1.165, 1.54) is 0 Å². The standard InChI is InChI=1S/C5H10O9P2/c1-13-5(6)4(3-15(7,8)9)2-14-16(10,11)12/h2H,3H2,1H3,(H2,7,8,9)(H2,10,11,12). The van der Waals surface area contributed by atoms with Gasteiger partial charge in [0.25, 0.3) is 0 Å². The van der Waals surface area contributed by atoms with Crippen molar-refractivity contribution in [2.24, 2.45) is 0 Å². The van der Waals surface area contributed by atoms with Crippen molar-refractivity contribution in [2.75, 3.05) is 13.3 Å². The van der Waals surface area contributed by atoms with Crippen LogP contribution in [0.4, 0.5) is 0 Å². The van der Waals surface area contributed by atoms with Gasteiger partial charge in [0.15, 0.2) is 0 Å². The highest BCUT2D eigenvalue weighted by Gasteiger charge is 2.24. The van der Waals surface area contributed by atoms with Gasteiger partial charge in [0.05, 0.1) is 18.8 Å².